The number of benzene rings is 2. The number of Topliss-reactive ketones (excluding diaryl/α,β-unsaturated/α-hetero) is 1. The number of hydrogen-bond donors (Lipinski definition) is 1. The molecule has 1 amide bonds. The molecule has 0 aromatic heterocycles. The number of fused-ring (bicyclic) bond motifs is 3. The van der Waals surface area contributed by atoms with E-state index in [1.165, 1.54) is 4.90 Å². The zero-order valence-electron chi connectivity index (χ0n) is 15.0. The number of nitrogens with zero attached hydrogens (tertiary/aromatic N) is 2. The monoisotopic (exact) mass is 350 g/mol. The van der Waals surface area contributed by atoms with E-state index in [0.29, 0.717) is 29.8 Å². The molecule has 0 spiro atoms. The van der Waals surface area contributed by atoms with Gasteiger partial charge in [-0.15, -0.1) is 0 Å². The van der Waals surface area contributed by atoms with Crippen molar-refractivity contribution >= 4 is 11.7 Å². The van der Waals surface area contributed by atoms with Gasteiger partial charge in [-0.3, -0.25) is 9.59 Å². The van der Waals surface area contributed by atoms with Crippen LogP contribution < -0.4 is 0 Å². The van der Waals surface area contributed by atoms with Crippen LogP contribution in [0.25, 0.3) is 0 Å². The smallest absolute Gasteiger partial charge is 0.226 e. The highest BCUT2D eigenvalue weighted by atomic mass is 16.3. The van der Waals surface area contributed by atoms with E-state index >= 15 is 0 Å². The van der Waals surface area contributed by atoms with Crippen molar-refractivity contribution in [1.82, 2.24) is 9.80 Å². The first-order valence-corrected chi connectivity index (χ1v) is 8.80. The number of rotatable bonds is 4. The van der Waals surface area contributed by atoms with Gasteiger partial charge < -0.3 is 14.9 Å². The molecule has 1 heterocycles. The Morgan fingerprint density at radius 2 is 1.69 bits per heavy atom. The van der Waals surface area contributed by atoms with Crippen LogP contribution in [0.4, 0.5) is 0 Å². The number of amides is 1. The number of likely N-dealkylation sites (tertiary alicyclic amines) is 1. The fourth-order valence-electron chi connectivity index (χ4n) is 4.43. The Morgan fingerprint density at radius 1 is 1.04 bits per heavy atom. The molecule has 2 unspecified atom stereocenters. The third-order valence-corrected chi connectivity index (χ3v) is 5.68. The highest BCUT2D eigenvalue weighted by Crippen LogP contribution is 2.59. The van der Waals surface area contributed by atoms with Crippen LogP contribution in [-0.2, 0) is 15.9 Å². The van der Waals surface area contributed by atoms with Gasteiger partial charge in [-0.25, -0.2) is 0 Å². The molecule has 2 aliphatic rings. The lowest BCUT2D eigenvalue weighted by Crippen LogP contribution is -2.54. The molecular formula is C21H22N2O3. The molecule has 26 heavy (non-hydrogen) atoms. The molecule has 0 radical (unpaired) electrons. The summed E-state index contributed by atoms with van der Waals surface area (Å²) in [4.78, 5) is 29.9. The summed E-state index contributed by atoms with van der Waals surface area (Å²) >= 11 is 0. The van der Waals surface area contributed by atoms with Crippen LogP contribution in [0.3, 0.4) is 0 Å². The summed E-state index contributed by atoms with van der Waals surface area (Å²) in [5.41, 5.74) is -1.24. The number of carbonyl (C=O) groups is 2. The van der Waals surface area contributed by atoms with Crippen LogP contribution in [0, 0.1) is 0 Å². The molecule has 5 nitrogen and oxygen atoms in total. The molecule has 1 N–H and O–H groups in total. The lowest BCUT2D eigenvalue weighted by molar-refractivity contribution is -0.152. The maximum absolute atomic E-state index is 13.5. The van der Waals surface area contributed by atoms with Crippen LogP contribution >= 0.6 is 0 Å². The SMILES string of the molecule is CN(C)CCN1C(=O)CC2(c3ccccc3)C(=O)c3ccccc3C12O. The molecule has 0 saturated carbocycles. The highest BCUT2D eigenvalue weighted by Gasteiger charge is 2.72. The fourth-order valence-corrected chi connectivity index (χ4v) is 4.43. The molecule has 1 fully saturated rings. The van der Waals surface area contributed by atoms with Crippen molar-refractivity contribution in [2.45, 2.75) is 17.6 Å². The molecular weight excluding hydrogens is 328 g/mol. The van der Waals surface area contributed by atoms with Gasteiger partial charge >= 0.3 is 0 Å². The molecule has 2 aromatic rings. The number of likely N-dealkylation sites (N-methyl/N-ethyl adjacent to an activating group) is 1. The first kappa shape index (κ1) is 16.9. The van der Waals surface area contributed by atoms with Crippen molar-refractivity contribution in [3.8, 4) is 0 Å². The van der Waals surface area contributed by atoms with Gasteiger partial charge in [0.15, 0.2) is 11.5 Å². The Balaban J connectivity index is 1.95. The first-order valence-electron chi connectivity index (χ1n) is 8.80. The second-order valence-corrected chi connectivity index (χ2v) is 7.34. The number of hydrogen-bond acceptors (Lipinski definition) is 4. The molecule has 1 aliphatic carbocycles. The normalized spacial score (nSPS) is 27.2. The van der Waals surface area contributed by atoms with Crippen molar-refractivity contribution in [2.24, 2.45) is 0 Å². The summed E-state index contributed by atoms with van der Waals surface area (Å²) in [6.45, 7) is 0.966. The van der Waals surface area contributed by atoms with Crippen LogP contribution in [-0.4, -0.2) is 53.8 Å². The first-order chi connectivity index (χ1) is 12.4. The summed E-state index contributed by atoms with van der Waals surface area (Å²) in [6, 6.07) is 16.3. The Morgan fingerprint density at radius 3 is 2.38 bits per heavy atom. The summed E-state index contributed by atoms with van der Waals surface area (Å²) in [5, 5.41) is 12.0. The fraction of sp³-hybridized carbons (Fsp3) is 0.333. The zero-order chi connectivity index (χ0) is 18.5. The second-order valence-electron chi connectivity index (χ2n) is 7.34. The van der Waals surface area contributed by atoms with E-state index in [1.54, 1.807) is 24.3 Å². The maximum atomic E-state index is 13.5. The minimum atomic E-state index is -1.66. The summed E-state index contributed by atoms with van der Waals surface area (Å²) in [7, 11) is 3.84. The standard InChI is InChI=1S/C21H22N2O3/c1-22(2)12-13-23-18(24)14-20(15-8-4-3-5-9-15)19(25)16-10-6-7-11-17(16)21(20,23)26/h3-11,26H,12-14H2,1-2H3. The van der Waals surface area contributed by atoms with Gasteiger partial charge in [0.1, 0.15) is 5.41 Å². The minimum absolute atomic E-state index is 0.0194. The van der Waals surface area contributed by atoms with E-state index in [4.69, 9.17) is 0 Å². The Hall–Kier alpha value is -2.50. The van der Waals surface area contributed by atoms with Crippen molar-refractivity contribution in [3.05, 3.63) is 71.3 Å². The molecule has 134 valence electrons. The van der Waals surface area contributed by atoms with Gasteiger partial charge in [0.25, 0.3) is 0 Å². The molecule has 4 rings (SSSR count). The van der Waals surface area contributed by atoms with E-state index in [0.717, 1.165) is 0 Å². The molecule has 1 saturated heterocycles. The van der Waals surface area contributed by atoms with Crippen molar-refractivity contribution < 1.29 is 14.7 Å². The highest BCUT2D eigenvalue weighted by molar-refractivity contribution is 6.14. The van der Waals surface area contributed by atoms with Crippen LogP contribution in [0.1, 0.15) is 27.9 Å². The summed E-state index contributed by atoms with van der Waals surface area (Å²) < 4.78 is 0. The van der Waals surface area contributed by atoms with E-state index < -0.39 is 11.1 Å². The molecule has 1 aliphatic heterocycles. The second kappa shape index (κ2) is 5.76. The van der Waals surface area contributed by atoms with Gasteiger partial charge in [0.2, 0.25) is 5.91 Å². The average Bonchev–Trinajstić information content (AvgIpc) is 2.98. The van der Waals surface area contributed by atoms with Crippen LogP contribution in [0.15, 0.2) is 54.6 Å². The number of ketones is 1. The summed E-state index contributed by atoms with van der Waals surface area (Å²) in [5.74, 6) is -0.372. The van der Waals surface area contributed by atoms with E-state index in [2.05, 4.69) is 0 Å². The Bertz CT molecular complexity index is 880. The maximum Gasteiger partial charge on any atom is 0.226 e. The molecule has 2 atom stereocenters. The van der Waals surface area contributed by atoms with E-state index in [9.17, 15) is 14.7 Å². The van der Waals surface area contributed by atoms with Gasteiger partial charge in [0, 0.05) is 30.6 Å². The third-order valence-electron chi connectivity index (χ3n) is 5.68. The molecule has 2 aromatic carbocycles. The lowest BCUT2D eigenvalue weighted by atomic mass is 9.71. The van der Waals surface area contributed by atoms with Gasteiger partial charge in [-0.1, -0.05) is 54.6 Å². The molecule has 5 heteroatoms. The van der Waals surface area contributed by atoms with Crippen molar-refractivity contribution in [2.75, 3.05) is 27.2 Å². The molecule has 0 bridgehead atoms. The van der Waals surface area contributed by atoms with Crippen molar-refractivity contribution in [3.63, 3.8) is 0 Å². The minimum Gasteiger partial charge on any atom is -0.366 e. The average molecular weight is 350 g/mol. The Kier molecular flexibility index (Phi) is 3.75. The van der Waals surface area contributed by atoms with Crippen molar-refractivity contribution in [1.29, 1.82) is 0 Å². The van der Waals surface area contributed by atoms with Crippen LogP contribution in [0.2, 0.25) is 0 Å². The quantitative estimate of drug-likeness (QED) is 0.913. The van der Waals surface area contributed by atoms with E-state index in [-0.39, 0.29) is 18.1 Å². The summed E-state index contributed by atoms with van der Waals surface area (Å²) in [6.07, 6.45) is -0.0194. The zero-order valence-corrected chi connectivity index (χ0v) is 15.0. The lowest BCUT2D eigenvalue weighted by Gasteiger charge is -2.40. The van der Waals surface area contributed by atoms with Crippen LogP contribution in [0.5, 0.6) is 0 Å². The third kappa shape index (κ3) is 1.98. The number of aliphatic hydroxyl groups is 1. The predicted molar refractivity (Wildman–Crippen MR) is 97.7 cm³/mol. The van der Waals surface area contributed by atoms with E-state index in [1.807, 2.05) is 49.3 Å². The Labute approximate surface area is 152 Å². The van der Waals surface area contributed by atoms with Gasteiger partial charge in [0.05, 0.1) is 0 Å². The van der Waals surface area contributed by atoms with Gasteiger partial charge in [-0.05, 0) is 19.7 Å². The number of carbonyl (C=O) groups excluding carboxylic acids is 2. The van der Waals surface area contributed by atoms with Gasteiger partial charge in [-0.2, -0.15) is 0 Å². The largest absolute Gasteiger partial charge is 0.366 e. The topological polar surface area (TPSA) is 60.9 Å². The predicted octanol–water partition coefficient (Wildman–Crippen LogP) is 1.76.